The van der Waals surface area contributed by atoms with Gasteiger partial charge in [0.25, 0.3) is 0 Å². The molecule has 1 aliphatic rings. The standard InChI is InChI=1S/C20H18N8/c1-12-16(15-6-4-14(10-21)5-7-15)17(26-25-12)18-19-20(27-8-3-9-27)22-11-23-28(19)13(2)24-18/h4-7,11H,3,8-9H2,1-2H3,(H,25,26). The Labute approximate surface area is 161 Å². The maximum atomic E-state index is 9.08. The molecule has 5 rings (SSSR count). The fourth-order valence-electron chi connectivity index (χ4n) is 3.65. The Kier molecular flexibility index (Phi) is 3.62. The van der Waals surface area contributed by atoms with Gasteiger partial charge in [0.05, 0.1) is 11.6 Å². The largest absolute Gasteiger partial charge is 0.355 e. The number of hydrogen-bond donors (Lipinski definition) is 1. The third-order valence-electron chi connectivity index (χ3n) is 5.20. The number of imidazole rings is 1. The second kappa shape index (κ2) is 6.16. The monoisotopic (exact) mass is 370 g/mol. The number of nitriles is 1. The molecule has 138 valence electrons. The molecule has 0 unspecified atom stereocenters. The fourth-order valence-corrected chi connectivity index (χ4v) is 3.65. The molecule has 1 N–H and O–H groups in total. The van der Waals surface area contributed by atoms with Gasteiger partial charge in [-0.1, -0.05) is 12.1 Å². The molecule has 0 bridgehead atoms. The van der Waals surface area contributed by atoms with Gasteiger partial charge in [-0.3, -0.25) is 5.10 Å². The molecule has 0 saturated carbocycles. The van der Waals surface area contributed by atoms with E-state index >= 15 is 0 Å². The van der Waals surface area contributed by atoms with Crippen molar-refractivity contribution in [1.29, 1.82) is 5.26 Å². The summed E-state index contributed by atoms with van der Waals surface area (Å²) in [5.41, 5.74) is 5.95. The molecule has 1 aromatic carbocycles. The zero-order chi connectivity index (χ0) is 19.3. The van der Waals surface area contributed by atoms with Crippen molar-refractivity contribution in [3.05, 3.63) is 47.7 Å². The lowest BCUT2D eigenvalue weighted by Gasteiger charge is -2.32. The molecule has 4 heterocycles. The molecule has 1 fully saturated rings. The molecule has 1 saturated heterocycles. The number of aryl methyl sites for hydroxylation is 2. The predicted molar refractivity (Wildman–Crippen MR) is 105 cm³/mol. The van der Waals surface area contributed by atoms with Gasteiger partial charge < -0.3 is 4.90 Å². The van der Waals surface area contributed by atoms with Gasteiger partial charge in [0.2, 0.25) is 0 Å². The van der Waals surface area contributed by atoms with Gasteiger partial charge in [-0.15, -0.1) is 0 Å². The number of benzene rings is 1. The Morgan fingerprint density at radius 1 is 1.11 bits per heavy atom. The molecule has 0 aliphatic carbocycles. The van der Waals surface area contributed by atoms with E-state index in [0.29, 0.717) is 5.56 Å². The SMILES string of the molecule is Cc1[nH]nc(-c2nc(C)n3ncnc(N4CCC4)c23)c1-c1ccc(C#N)cc1. The third-order valence-corrected chi connectivity index (χ3v) is 5.20. The van der Waals surface area contributed by atoms with E-state index in [1.807, 2.05) is 42.6 Å². The summed E-state index contributed by atoms with van der Waals surface area (Å²) in [7, 11) is 0. The molecule has 0 amide bonds. The number of aromatic amines is 1. The summed E-state index contributed by atoms with van der Waals surface area (Å²) in [6.45, 7) is 5.89. The maximum absolute atomic E-state index is 9.08. The van der Waals surface area contributed by atoms with Crippen molar-refractivity contribution in [2.45, 2.75) is 20.3 Å². The average Bonchev–Trinajstić information content (AvgIpc) is 3.21. The van der Waals surface area contributed by atoms with Crippen LogP contribution in [0.15, 0.2) is 30.6 Å². The number of anilines is 1. The Morgan fingerprint density at radius 2 is 1.89 bits per heavy atom. The van der Waals surface area contributed by atoms with Gasteiger partial charge in [-0.05, 0) is 38.0 Å². The number of fused-ring (bicyclic) bond motifs is 1. The number of H-pyrrole nitrogens is 1. The molecule has 0 radical (unpaired) electrons. The topological polar surface area (TPSA) is 98.8 Å². The van der Waals surface area contributed by atoms with Crippen LogP contribution in [0.25, 0.3) is 28.0 Å². The van der Waals surface area contributed by atoms with Crippen molar-refractivity contribution in [3.8, 4) is 28.6 Å². The lowest BCUT2D eigenvalue weighted by Crippen LogP contribution is -2.38. The highest BCUT2D eigenvalue weighted by molar-refractivity contribution is 5.92. The lowest BCUT2D eigenvalue weighted by molar-refractivity contribution is 0.608. The van der Waals surface area contributed by atoms with Crippen LogP contribution in [0, 0.1) is 25.2 Å². The Hall–Kier alpha value is -3.73. The van der Waals surface area contributed by atoms with Crippen LogP contribution in [0.4, 0.5) is 5.82 Å². The van der Waals surface area contributed by atoms with E-state index in [2.05, 4.69) is 31.2 Å². The molecule has 8 heteroatoms. The van der Waals surface area contributed by atoms with Crippen LogP contribution in [0.3, 0.4) is 0 Å². The first-order chi connectivity index (χ1) is 13.7. The van der Waals surface area contributed by atoms with Gasteiger partial charge in [0.15, 0.2) is 5.82 Å². The highest BCUT2D eigenvalue weighted by Crippen LogP contribution is 2.37. The lowest BCUT2D eigenvalue weighted by atomic mass is 10.0. The highest BCUT2D eigenvalue weighted by atomic mass is 15.3. The smallest absolute Gasteiger partial charge is 0.158 e. The van der Waals surface area contributed by atoms with Gasteiger partial charge in [0, 0.05) is 24.3 Å². The number of nitrogens with one attached hydrogen (secondary N) is 1. The molecule has 1 aliphatic heterocycles. The van der Waals surface area contributed by atoms with Crippen LogP contribution < -0.4 is 4.90 Å². The first-order valence-electron chi connectivity index (χ1n) is 9.18. The molecule has 0 spiro atoms. The summed E-state index contributed by atoms with van der Waals surface area (Å²) >= 11 is 0. The second-order valence-corrected chi connectivity index (χ2v) is 6.95. The quantitative estimate of drug-likeness (QED) is 0.595. The Morgan fingerprint density at radius 3 is 2.57 bits per heavy atom. The predicted octanol–water partition coefficient (Wildman–Crippen LogP) is 2.88. The van der Waals surface area contributed by atoms with E-state index in [0.717, 1.165) is 64.9 Å². The van der Waals surface area contributed by atoms with E-state index in [4.69, 9.17) is 10.2 Å². The first-order valence-corrected chi connectivity index (χ1v) is 9.18. The van der Waals surface area contributed by atoms with Crippen molar-refractivity contribution in [1.82, 2.24) is 29.8 Å². The Bertz CT molecular complexity index is 1220. The van der Waals surface area contributed by atoms with Crippen molar-refractivity contribution in [2.75, 3.05) is 18.0 Å². The minimum Gasteiger partial charge on any atom is -0.355 e. The minimum absolute atomic E-state index is 0.628. The van der Waals surface area contributed by atoms with Crippen LogP contribution in [-0.2, 0) is 0 Å². The molecule has 8 nitrogen and oxygen atoms in total. The van der Waals surface area contributed by atoms with Crippen molar-refractivity contribution in [3.63, 3.8) is 0 Å². The molecule has 0 atom stereocenters. The summed E-state index contributed by atoms with van der Waals surface area (Å²) in [5.74, 6) is 1.68. The van der Waals surface area contributed by atoms with Crippen LogP contribution >= 0.6 is 0 Å². The summed E-state index contributed by atoms with van der Waals surface area (Å²) in [6.07, 6.45) is 2.74. The van der Waals surface area contributed by atoms with Crippen LogP contribution in [-0.4, -0.2) is 42.9 Å². The zero-order valence-corrected chi connectivity index (χ0v) is 15.6. The van der Waals surface area contributed by atoms with Crippen LogP contribution in [0.2, 0.25) is 0 Å². The minimum atomic E-state index is 0.628. The number of nitrogens with zero attached hydrogens (tertiary/aromatic N) is 7. The normalized spacial score (nSPS) is 13.5. The summed E-state index contributed by atoms with van der Waals surface area (Å²) in [6, 6.07) is 9.68. The second-order valence-electron chi connectivity index (χ2n) is 6.95. The third kappa shape index (κ3) is 2.36. The van der Waals surface area contributed by atoms with E-state index < -0.39 is 0 Å². The average molecular weight is 370 g/mol. The number of aromatic nitrogens is 6. The van der Waals surface area contributed by atoms with Gasteiger partial charge in [-0.25, -0.2) is 14.5 Å². The van der Waals surface area contributed by atoms with E-state index in [1.165, 1.54) is 0 Å². The fraction of sp³-hybridized carbons (Fsp3) is 0.250. The van der Waals surface area contributed by atoms with Gasteiger partial charge in [0.1, 0.15) is 29.1 Å². The number of hydrogen-bond acceptors (Lipinski definition) is 6. The van der Waals surface area contributed by atoms with Crippen molar-refractivity contribution >= 4 is 11.3 Å². The van der Waals surface area contributed by atoms with E-state index in [-0.39, 0.29) is 0 Å². The van der Waals surface area contributed by atoms with E-state index in [9.17, 15) is 0 Å². The van der Waals surface area contributed by atoms with E-state index in [1.54, 1.807) is 6.33 Å². The molecule has 3 aromatic heterocycles. The first kappa shape index (κ1) is 16.4. The summed E-state index contributed by atoms with van der Waals surface area (Å²) < 4.78 is 1.84. The summed E-state index contributed by atoms with van der Waals surface area (Å²) in [5, 5.41) is 21.1. The van der Waals surface area contributed by atoms with Gasteiger partial charge >= 0.3 is 0 Å². The molecular weight excluding hydrogens is 352 g/mol. The molecule has 28 heavy (non-hydrogen) atoms. The molecular formula is C20H18N8. The number of rotatable bonds is 3. The zero-order valence-electron chi connectivity index (χ0n) is 15.6. The summed E-state index contributed by atoms with van der Waals surface area (Å²) in [4.78, 5) is 11.6. The highest BCUT2D eigenvalue weighted by Gasteiger charge is 2.26. The van der Waals surface area contributed by atoms with Crippen LogP contribution in [0.1, 0.15) is 23.5 Å². The van der Waals surface area contributed by atoms with Crippen molar-refractivity contribution in [2.24, 2.45) is 0 Å². The van der Waals surface area contributed by atoms with Crippen molar-refractivity contribution < 1.29 is 0 Å². The van der Waals surface area contributed by atoms with Crippen LogP contribution in [0.5, 0.6) is 0 Å². The maximum Gasteiger partial charge on any atom is 0.158 e. The van der Waals surface area contributed by atoms with Gasteiger partial charge in [-0.2, -0.15) is 15.5 Å². The molecule has 4 aromatic rings. The Balaban J connectivity index is 1.75.